The van der Waals surface area contributed by atoms with Crippen molar-refractivity contribution in [2.45, 2.75) is 32.8 Å². The van der Waals surface area contributed by atoms with Crippen molar-refractivity contribution >= 4 is 17.7 Å². The monoisotopic (exact) mass is 389 g/mol. The maximum absolute atomic E-state index is 13.0. The number of alkyl carbamates (subject to hydrolysis) is 1. The van der Waals surface area contributed by atoms with Gasteiger partial charge in [-0.2, -0.15) is 0 Å². The molecule has 2 aromatic rings. The number of nitrogens with one attached hydrogen (secondary N) is 2. The largest absolute Gasteiger partial charge is 0.476 e. The van der Waals surface area contributed by atoms with Crippen LogP contribution in [0.15, 0.2) is 36.5 Å². The average molecular weight is 389 g/mol. The molecule has 0 aliphatic heterocycles. The fourth-order valence-electron chi connectivity index (χ4n) is 2.42. The molecule has 1 aromatic carbocycles. The third-order valence-electron chi connectivity index (χ3n) is 3.58. The Morgan fingerprint density at radius 2 is 1.82 bits per heavy atom. The second kappa shape index (κ2) is 9.16. The zero-order chi connectivity index (χ0) is 20.7. The van der Waals surface area contributed by atoms with Crippen molar-refractivity contribution in [2.24, 2.45) is 0 Å². The van der Waals surface area contributed by atoms with Crippen LogP contribution in [0.2, 0.25) is 0 Å². The summed E-state index contributed by atoms with van der Waals surface area (Å²) in [5.74, 6) is -1.47. The van der Waals surface area contributed by atoms with Crippen LogP contribution in [-0.4, -0.2) is 40.8 Å². The summed E-state index contributed by atoms with van der Waals surface area (Å²) in [5, 5.41) is 14.9. The van der Waals surface area contributed by atoms with Gasteiger partial charge in [-0.15, -0.1) is 0 Å². The van der Waals surface area contributed by atoms with E-state index in [1.54, 1.807) is 39.0 Å². The molecule has 0 unspecified atom stereocenters. The summed E-state index contributed by atoms with van der Waals surface area (Å²) < 4.78 is 18.2. The van der Waals surface area contributed by atoms with E-state index in [0.717, 1.165) is 11.1 Å². The number of anilines is 1. The van der Waals surface area contributed by atoms with Crippen LogP contribution in [0.4, 0.5) is 14.9 Å². The minimum absolute atomic E-state index is 0.111. The Balaban J connectivity index is 2.00. The predicted octanol–water partition coefficient (Wildman–Crippen LogP) is 3.45. The lowest BCUT2D eigenvalue weighted by molar-refractivity contribution is 0.0529. The summed E-state index contributed by atoms with van der Waals surface area (Å²) in [7, 11) is 0. The smallest absolute Gasteiger partial charge is 0.407 e. The highest BCUT2D eigenvalue weighted by Crippen LogP contribution is 2.18. The van der Waals surface area contributed by atoms with Crippen molar-refractivity contribution in [2.75, 3.05) is 18.4 Å². The van der Waals surface area contributed by atoms with Crippen molar-refractivity contribution in [3.05, 3.63) is 59.2 Å². The van der Waals surface area contributed by atoms with E-state index in [2.05, 4.69) is 15.6 Å². The lowest BCUT2D eigenvalue weighted by atomic mass is 10.1. The third kappa shape index (κ3) is 6.86. The summed E-state index contributed by atoms with van der Waals surface area (Å²) in [5.41, 5.74) is 1.30. The van der Waals surface area contributed by atoms with Gasteiger partial charge in [0.25, 0.3) is 0 Å². The van der Waals surface area contributed by atoms with Crippen LogP contribution in [0.25, 0.3) is 0 Å². The van der Waals surface area contributed by atoms with Gasteiger partial charge in [0.2, 0.25) is 0 Å². The van der Waals surface area contributed by atoms with Crippen LogP contribution >= 0.6 is 0 Å². The van der Waals surface area contributed by atoms with Gasteiger partial charge in [0.1, 0.15) is 11.4 Å². The Hall–Kier alpha value is -3.16. The van der Waals surface area contributed by atoms with Crippen molar-refractivity contribution in [3.8, 4) is 0 Å². The van der Waals surface area contributed by atoms with Gasteiger partial charge in [-0.1, -0.05) is 12.1 Å². The predicted molar refractivity (Wildman–Crippen MR) is 103 cm³/mol. The lowest BCUT2D eigenvalue weighted by Crippen LogP contribution is -2.35. The van der Waals surface area contributed by atoms with Crippen LogP contribution in [-0.2, 0) is 11.2 Å². The molecule has 0 radical (unpaired) electrons. The molecule has 0 saturated carbocycles. The number of carbonyl (C=O) groups is 2. The molecule has 0 aliphatic rings. The Labute approximate surface area is 162 Å². The van der Waals surface area contributed by atoms with Gasteiger partial charge in [0.05, 0.1) is 5.69 Å². The lowest BCUT2D eigenvalue weighted by Gasteiger charge is -2.19. The van der Waals surface area contributed by atoms with Gasteiger partial charge < -0.3 is 20.5 Å². The maximum atomic E-state index is 13.0. The maximum Gasteiger partial charge on any atom is 0.407 e. The minimum atomic E-state index is -1.16. The first-order chi connectivity index (χ1) is 13.1. The Bertz CT molecular complexity index is 832. The Kier molecular flexibility index (Phi) is 6.92. The van der Waals surface area contributed by atoms with E-state index in [0.29, 0.717) is 18.7 Å². The van der Waals surface area contributed by atoms with E-state index in [4.69, 9.17) is 4.74 Å². The van der Waals surface area contributed by atoms with E-state index in [9.17, 15) is 19.1 Å². The molecule has 2 rings (SSSR count). The number of aromatic nitrogens is 1. The number of ether oxygens (including phenoxy) is 1. The van der Waals surface area contributed by atoms with Gasteiger partial charge in [-0.25, -0.2) is 19.0 Å². The van der Waals surface area contributed by atoms with Gasteiger partial charge in [0, 0.05) is 19.3 Å². The number of carboxylic acid groups (broad SMARTS) is 1. The first kappa shape index (κ1) is 21.1. The first-order valence-corrected chi connectivity index (χ1v) is 8.81. The Morgan fingerprint density at radius 1 is 1.14 bits per heavy atom. The summed E-state index contributed by atoms with van der Waals surface area (Å²) >= 11 is 0. The van der Waals surface area contributed by atoms with Crippen LogP contribution in [0.5, 0.6) is 0 Å². The molecule has 0 fully saturated rings. The highest BCUT2D eigenvalue weighted by molar-refractivity contribution is 5.92. The number of benzene rings is 1. The van der Waals surface area contributed by atoms with E-state index in [1.807, 2.05) is 0 Å². The fourth-order valence-corrected chi connectivity index (χ4v) is 2.42. The van der Waals surface area contributed by atoms with Crippen molar-refractivity contribution in [3.63, 3.8) is 0 Å². The molecule has 1 heterocycles. The molecular weight excluding hydrogens is 365 g/mol. The second-order valence-corrected chi connectivity index (χ2v) is 7.20. The van der Waals surface area contributed by atoms with Crippen molar-refractivity contribution < 1.29 is 23.8 Å². The van der Waals surface area contributed by atoms with Crippen LogP contribution < -0.4 is 10.6 Å². The topological polar surface area (TPSA) is 101 Å². The average Bonchev–Trinajstić information content (AvgIpc) is 2.59. The minimum Gasteiger partial charge on any atom is -0.476 e. The number of halogens is 1. The van der Waals surface area contributed by atoms with Gasteiger partial charge in [-0.05, 0) is 56.5 Å². The summed E-state index contributed by atoms with van der Waals surface area (Å²) in [6.07, 6.45) is 1.42. The Morgan fingerprint density at radius 3 is 2.43 bits per heavy atom. The number of amides is 1. The number of hydrogen-bond acceptors (Lipinski definition) is 5. The normalized spacial score (nSPS) is 11.0. The second-order valence-electron chi connectivity index (χ2n) is 7.20. The van der Waals surface area contributed by atoms with E-state index < -0.39 is 17.7 Å². The van der Waals surface area contributed by atoms with E-state index in [-0.39, 0.29) is 18.1 Å². The van der Waals surface area contributed by atoms with Crippen LogP contribution in [0.3, 0.4) is 0 Å². The molecule has 150 valence electrons. The standard InChI is InChI=1S/C20H24FN3O4/c1-20(2,3)28-19(27)23-9-8-22-16-11-14(12-24-17(16)18(25)26)10-13-4-6-15(21)7-5-13/h4-7,11-12,22H,8-10H2,1-3H3,(H,23,27)(H,25,26). The number of carboxylic acids is 1. The molecule has 0 saturated heterocycles. The van der Waals surface area contributed by atoms with E-state index >= 15 is 0 Å². The third-order valence-corrected chi connectivity index (χ3v) is 3.58. The van der Waals surface area contributed by atoms with Crippen LogP contribution in [0, 0.1) is 5.82 Å². The quantitative estimate of drug-likeness (QED) is 0.627. The molecule has 0 atom stereocenters. The van der Waals surface area contributed by atoms with Crippen molar-refractivity contribution in [1.29, 1.82) is 0 Å². The molecule has 1 aromatic heterocycles. The SMILES string of the molecule is CC(C)(C)OC(=O)NCCNc1cc(Cc2ccc(F)cc2)cnc1C(=O)O. The molecule has 3 N–H and O–H groups in total. The highest BCUT2D eigenvalue weighted by atomic mass is 19.1. The van der Waals surface area contributed by atoms with Crippen LogP contribution in [0.1, 0.15) is 42.4 Å². The molecule has 28 heavy (non-hydrogen) atoms. The fraction of sp³-hybridized carbons (Fsp3) is 0.350. The van der Waals surface area contributed by atoms with E-state index in [1.165, 1.54) is 18.3 Å². The molecular formula is C20H24FN3O4. The summed E-state index contributed by atoms with van der Waals surface area (Å²) in [4.78, 5) is 27.0. The molecule has 7 nitrogen and oxygen atoms in total. The zero-order valence-electron chi connectivity index (χ0n) is 16.1. The highest BCUT2D eigenvalue weighted by Gasteiger charge is 2.16. The summed E-state index contributed by atoms with van der Waals surface area (Å²) in [6.45, 7) is 5.84. The zero-order valence-corrected chi connectivity index (χ0v) is 16.1. The molecule has 1 amide bonds. The number of aromatic carboxylic acids is 1. The molecule has 0 spiro atoms. The van der Waals surface area contributed by atoms with Gasteiger partial charge >= 0.3 is 12.1 Å². The number of pyridine rings is 1. The van der Waals surface area contributed by atoms with Gasteiger partial charge in [-0.3, -0.25) is 0 Å². The summed E-state index contributed by atoms with van der Waals surface area (Å²) in [6, 6.07) is 7.76. The number of rotatable bonds is 7. The number of nitrogens with zero attached hydrogens (tertiary/aromatic N) is 1. The number of carbonyl (C=O) groups excluding carboxylic acids is 1. The number of hydrogen-bond donors (Lipinski definition) is 3. The molecule has 0 bridgehead atoms. The molecule has 8 heteroatoms. The van der Waals surface area contributed by atoms with Crippen molar-refractivity contribution in [1.82, 2.24) is 10.3 Å². The molecule has 0 aliphatic carbocycles. The van der Waals surface area contributed by atoms with Gasteiger partial charge in [0.15, 0.2) is 5.69 Å². The first-order valence-electron chi connectivity index (χ1n) is 8.81.